The smallest absolute Gasteiger partial charge is 0.169 e. The molecule has 0 heterocycles. The number of ether oxygens (including phenoxy) is 2. The van der Waals surface area contributed by atoms with Crippen LogP contribution in [0.15, 0.2) is 24.3 Å². The van der Waals surface area contributed by atoms with Crippen molar-refractivity contribution < 1.29 is 9.47 Å². The summed E-state index contributed by atoms with van der Waals surface area (Å²) in [5.74, 6) is 2.10. The zero-order chi connectivity index (χ0) is 16.8. The molecular formula is C21H26O2. The van der Waals surface area contributed by atoms with Crippen molar-refractivity contribution in [2.45, 2.75) is 45.4 Å². The van der Waals surface area contributed by atoms with Gasteiger partial charge in [0.2, 0.25) is 0 Å². The van der Waals surface area contributed by atoms with Crippen LogP contribution >= 0.6 is 0 Å². The molecule has 2 aromatic carbocycles. The first kappa shape index (κ1) is 15.9. The fourth-order valence-corrected chi connectivity index (χ4v) is 3.67. The SMILES string of the molecule is COc1c(C(C)C)cc2ccc3c(c2c1OC)C=CCC3(C)C. The zero-order valence-electron chi connectivity index (χ0n) is 15.0. The van der Waals surface area contributed by atoms with E-state index in [9.17, 15) is 0 Å². The topological polar surface area (TPSA) is 18.5 Å². The molecule has 0 unspecified atom stereocenters. The van der Waals surface area contributed by atoms with Gasteiger partial charge in [-0.25, -0.2) is 0 Å². The minimum Gasteiger partial charge on any atom is -0.493 e. The van der Waals surface area contributed by atoms with Gasteiger partial charge in [0.25, 0.3) is 0 Å². The molecule has 0 bridgehead atoms. The number of rotatable bonds is 3. The number of allylic oxidation sites excluding steroid dienone is 1. The molecule has 0 radical (unpaired) electrons. The molecule has 2 heteroatoms. The molecule has 2 nitrogen and oxygen atoms in total. The van der Waals surface area contributed by atoms with E-state index in [-0.39, 0.29) is 5.41 Å². The third kappa shape index (κ3) is 2.41. The Morgan fingerprint density at radius 3 is 2.35 bits per heavy atom. The lowest BCUT2D eigenvalue weighted by atomic mass is 9.74. The highest BCUT2D eigenvalue weighted by Gasteiger charge is 2.28. The highest BCUT2D eigenvalue weighted by Crippen LogP contribution is 2.47. The van der Waals surface area contributed by atoms with Gasteiger partial charge in [0.1, 0.15) is 0 Å². The Hall–Kier alpha value is -1.96. The standard InChI is InChI=1S/C21H26O2/c1-13(2)16-12-14-9-10-17-15(8-7-11-21(17,3)4)18(14)20(23-6)19(16)22-5/h7-10,12-13H,11H2,1-6H3. The van der Waals surface area contributed by atoms with Crippen LogP contribution in [-0.2, 0) is 5.41 Å². The molecular weight excluding hydrogens is 284 g/mol. The first-order valence-corrected chi connectivity index (χ1v) is 8.29. The van der Waals surface area contributed by atoms with E-state index in [1.165, 1.54) is 22.1 Å². The van der Waals surface area contributed by atoms with Crippen LogP contribution in [-0.4, -0.2) is 14.2 Å². The summed E-state index contributed by atoms with van der Waals surface area (Å²) in [7, 11) is 3.46. The highest BCUT2D eigenvalue weighted by atomic mass is 16.5. The third-order valence-electron chi connectivity index (χ3n) is 4.96. The van der Waals surface area contributed by atoms with Gasteiger partial charge in [0.05, 0.1) is 14.2 Å². The van der Waals surface area contributed by atoms with Gasteiger partial charge >= 0.3 is 0 Å². The van der Waals surface area contributed by atoms with Crippen molar-refractivity contribution in [3.63, 3.8) is 0 Å². The highest BCUT2D eigenvalue weighted by molar-refractivity contribution is 6.00. The van der Waals surface area contributed by atoms with Crippen LogP contribution in [0.5, 0.6) is 11.5 Å². The van der Waals surface area contributed by atoms with Crippen LogP contribution in [0.2, 0.25) is 0 Å². The van der Waals surface area contributed by atoms with E-state index in [1.807, 2.05) is 0 Å². The van der Waals surface area contributed by atoms with E-state index in [0.29, 0.717) is 5.92 Å². The van der Waals surface area contributed by atoms with Crippen LogP contribution in [0.1, 0.15) is 56.7 Å². The summed E-state index contributed by atoms with van der Waals surface area (Å²) >= 11 is 0. The van der Waals surface area contributed by atoms with E-state index in [2.05, 4.69) is 58.0 Å². The summed E-state index contributed by atoms with van der Waals surface area (Å²) < 4.78 is 11.5. The predicted molar refractivity (Wildman–Crippen MR) is 97.8 cm³/mol. The minimum absolute atomic E-state index is 0.146. The van der Waals surface area contributed by atoms with Gasteiger partial charge in [-0.3, -0.25) is 0 Å². The lowest BCUT2D eigenvalue weighted by Crippen LogP contribution is -2.20. The normalized spacial score (nSPS) is 15.8. The average Bonchev–Trinajstić information content (AvgIpc) is 2.52. The fraction of sp³-hybridized carbons (Fsp3) is 0.429. The number of fused-ring (bicyclic) bond motifs is 3. The molecule has 0 spiro atoms. The Labute approximate surface area is 139 Å². The van der Waals surface area contributed by atoms with Gasteiger partial charge in [0, 0.05) is 10.9 Å². The maximum atomic E-state index is 5.82. The van der Waals surface area contributed by atoms with Crippen LogP contribution in [0, 0.1) is 0 Å². The Kier molecular flexibility index (Phi) is 3.87. The second-order valence-corrected chi connectivity index (χ2v) is 7.30. The summed E-state index contributed by atoms with van der Waals surface area (Å²) in [6.45, 7) is 8.97. The first-order chi connectivity index (χ1) is 10.9. The number of methoxy groups -OCH3 is 2. The van der Waals surface area contributed by atoms with Gasteiger partial charge in [-0.15, -0.1) is 0 Å². The van der Waals surface area contributed by atoms with Gasteiger partial charge < -0.3 is 9.47 Å². The third-order valence-corrected chi connectivity index (χ3v) is 4.96. The van der Waals surface area contributed by atoms with E-state index < -0.39 is 0 Å². The Bertz CT molecular complexity index is 782. The summed E-state index contributed by atoms with van der Waals surface area (Å²) in [6, 6.07) is 6.75. The van der Waals surface area contributed by atoms with E-state index in [0.717, 1.165) is 23.3 Å². The lowest BCUT2D eigenvalue weighted by molar-refractivity contribution is 0.354. The van der Waals surface area contributed by atoms with Crippen LogP contribution in [0.3, 0.4) is 0 Å². The molecule has 122 valence electrons. The van der Waals surface area contributed by atoms with Crippen molar-refractivity contribution in [1.82, 2.24) is 0 Å². The molecule has 1 aliphatic carbocycles. The van der Waals surface area contributed by atoms with Gasteiger partial charge in [-0.05, 0) is 40.3 Å². The molecule has 0 atom stereocenters. The summed E-state index contributed by atoms with van der Waals surface area (Å²) in [5, 5.41) is 2.38. The number of hydrogen-bond acceptors (Lipinski definition) is 2. The van der Waals surface area contributed by atoms with Crippen molar-refractivity contribution in [1.29, 1.82) is 0 Å². The molecule has 0 fully saturated rings. The predicted octanol–water partition coefficient (Wildman–Crippen LogP) is 5.67. The van der Waals surface area contributed by atoms with Crippen LogP contribution in [0.4, 0.5) is 0 Å². The summed E-state index contributed by atoms with van der Waals surface area (Å²) in [4.78, 5) is 0. The molecule has 1 aliphatic rings. The largest absolute Gasteiger partial charge is 0.493 e. The molecule has 23 heavy (non-hydrogen) atoms. The van der Waals surface area contributed by atoms with Crippen molar-refractivity contribution in [3.8, 4) is 11.5 Å². The first-order valence-electron chi connectivity index (χ1n) is 8.29. The number of hydrogen-bond donors (Lipinski definition) is 0. The lowest BCUT2D eigenvalue weighted by Gasteiger charge is -2.31. The maximum Gasteiger partial charge on any atom is 0.169 e. The van der Waals surface area contributed by atoms with Gasteiger partial charge in [-0.1, -0.05) is 52.0 Å². The molecule has 0 aromatic heterocycles. The average molecular weight is 310 g/mol. The van der Waals surface area contributed by atoms with E-state index >= 15 is 0 Å². The van der Waals surface area contributed by atoms with Crippen LogP contribution < -0.4 is 9.47 Å². The quantitative estimate of drug-likeness (QED) is 0.726. The maximum absolute atomic E-state index is 5.82. The Morgan fingerprint density at radius 2 is 1.74 bits per heavy atom. The van der Waals surface area contributed by atoms with E-state index in [4.69, 9.17) is 9.47 Å². The fourth-order valence-electron chi connectivity index (χ4n) is 3.67. The zero-order valence-corrected chi connectivity index (χ0v) is 15.0. The van der Waals surface area contributed by atoms with Crippen molar-refractivity contribution in [2.75, 3.05) is 14.2 Å². The second kappa shape index (κ2) is 5.59. The summed E-state index contributed by atoms with van der Waals surface area (Å²) in [6.07, 6.45) is 5.57. The van der Waals surface area contributed by atoms with E-state index in [1.54, 1.807) is 14.2 Å². The number of benzene rings is 2. The van der Waals surface area contributed by atoms with Crippen molar-refractivity contribution in [2.24, 2.45) is 0 Å². The second-order valence-electron chi connectivity index (χ2n) is 7.30. The summed E-state index contributed by atoms with van der Waals surface area (Å²) in [5.41, 5.74) is 3.98. The molecule has 0 saturated heterocycles. The minimum atomic E-state index is 0.146. The molecule has 0 aliphatic heterocycles. The van der Waals surface area contributed by atoms with Crippen molar-refractivity contribution >= 4 is 16.8 Å². The van der Waals surface area contributed by atoms with Gasteiger partial charge in [0.15, 0.2) is 11.5 Å². The molecule has 3 rings (SSSR count). The molecule has 0 N–H and O–H groups in total. The van der Waals surface area contributed by atoms with Crippen molar-refractivity contribution in [3.05, 3.63) is 41.0 Å². The molecule has 0 amide bonds. The molecule has 0 saturated carbocycles. The molecule has 2 aromatic rings. The Morgan fingerprint density at radius 1 is 1.04 bits per heavy atom. The van der Waals surface area contributed by atoms with Crippen LogP contribution in [0.25, 0.3) is 16.8 Å². The van der Waals surface area contributed by atoms with Gasteiger partial charge in [-0.2, -0.15) is 0 Å². The Balaban J connectivity index is 2.45. The monoisotopic (exact) mass is 310 g/mol.